The lowest BCUT2D eigenvalue weighted by molar-refractivity contribution is -0.442. The van der Waals surface area contributed by atoms with Crippen molar-refractivity contribution in [3.05, 3.63) is 0 Å². The van der Waals surface area contributed by atoms with E-state index in [0.717, 1.165) is 30.4 Å². The Morgan fingerprint density at radius 1 is 0.824 bits per heavy atom. The molecule has 6 nitrogen and oxygen atoms in total. The monoisotopic (exact) mass is 558 g/mol. The van der Waals surface area contributed by atoms with Gasteiger partial charge in [-0.25, -0.2) is 14.9 Å². The molecule has 3 aliphatic carbocycles. The van der Waals surface area contributed by atoms with Crippen molar-refractivity contribution in [3.63, 3.8) is 0 Å². The van der Waals surface area contributed by atoms with Crippen LogP contribution in [0.3, 0.4) is 0 Å². The van der Waals surface area contributed by atoms with Crippen molar-refractivity contribution in [2.75, 3.05) is 5.75 Å². The Kier molecular flexibility index (Phi) is 9.78. The zero-order chi connectivity index (χ0) is 26.0. The minimum absolute atomic E-state index is 0.551. The fraction of sp³-hybridized carbons (Fsp3) is 1.00. The van der Waals surface area contributed by atoms with Crippen molar-refractivity contribution in [2.24, 2.45) is 23.7 Å². The highest BCUT2D eigenvalue weighted by Crippen LogP contribution is 2.70. The van der Waals surface area contributed by atoms with Gasteiger partial charge in [0.2, 0.25) is 0 Å². The van der Waals surface area contributed by atoms with Crippen LogP contribution in [0.15, 0.2) is 0 Å². The SMILES string of the molecule is CCCC1C(F)(F)C(F)(F)C(F)(SOOO)C(F)(F)C1(F)F.OOOSCC1CC2CCC1C2. The van der Waals surface area contributed by atoms with Crippen molar-refractivity contribution < 1.29 is 68.8 Å². The summed E-state index contributed by atoms with van der Waals surface area (Å²) >= 11 is -0.643. The lowest BCUT2D eigenvalue weighted by Crippen LogP contribution is -2.77. The molecule has 0 aliphatic heterocycles. The number of fused-ring (bicyclic) bond motifs is 2. The van der Waals surface area contributed by atoms with Gasteiger partial charge in [-0.2, -0.15) is 35.1 Å². The summed E-state index contributed by atoms with van der Waals surface area (Å²) in [6.45, 7) is 1.03. The van der Waals surface area contributed by atoms with Gasteiger partial charge in [0.15, 0.2) is 0 Å². The molecule has 0 radical (unpaired) electrons. The average molecular weight is 558 g/mol. The third kappa shape index (κ3) is 4.99. The summed E-state index contributed by atoms with van der Waals surface area (Å²) in [5.41, 5.74) is 0. The molecule has 202 valence electrons. The van der Waals surface area contributed by atoms with E-state index in [1.54, 1.807) is 0 Å². The maximum absolute atomic E-state index is 13.9. The lowest BCUT2D eigenvalue weighted by Gasteiger charge is -2.51. The van der Waals surface area contributed by atoms with E-state index in [0.29, 0.717) is 0 Å². The Labute approximate surface area is 196 Å². The predicted octanol–water partition coefficient (Wildman–Crippen LogP) is 7.18. The maximum atomic E-state index is 13.9. The first kappa shape index (κ1) is 30.1. The van der Waals surface area contributed by atoms with Crippen LogP contribution in [-0.2, 0) is 18.7 Å². The Balaban J connectivity index is 0.000000283. The molecule has 2 bridgehead atoms. The van der Waals surface area contributed by atoms with Crippen molar-refractivity contribution in [2.45, 2.75) is 74.1 Å². The lowest BCUT2D eigenvalue weighted by atomic mass is 9.73. The molecule has 3 unspecified atom stereocenters. The van der Waals surface area contributed by atoms with Crippen LogP contribution in [0.1, 0.15) is 45.4 Å². The Morgan fingerprint density at radius 2 is 1.38 bits per heavy atom. The van der Waals surface area contributed by atoms with Crippen molar-refractivity contribution in [1.29, 1.82) is 0 Å². The number of hydrogen-bond donors (Lipinski definition) is 2. The largest absolute Gasteiger partial charge is 0.361 e. The molecule has 0 aromatic heterocycles. The standard InChI is InChI=1S/C9H9F9O3S.C8H14O3S/c1-2-3-4-5(10,11)7(14,15)9(18,22-21-20-19)8(16,17)6(4,12)13;9-10-11-12-5-8-4-6-1-2-7(8)3-6/h4,19H,2-3H2,1H3;6-9H,1-5H2. The molecule has 3 atom stereocenters. The quantitative estimate of drug-likeness (QED) is 0.101. The molecule has 3 fully saturated rings. The van der Waals surface area contributed by atoms with E-state index in [1.807, 2.05) is 0 Å². The van der Waals surface area contributed by atoms with Crippen molar-refractivity contribution >= 4 is 24.1 Å². The van der Waals surface area contributed by atoms with E-state index < -0.39 is 59.5 Å². The van der Waals surface area contributed by atoms with E-state index in [1.165, 1.54) is 37.7 Å². The van der Waals surface area contributed by atoms with E-state index in [4.69, 9.17) is 10.5 Å². The molecule has 3 aliphatic rings. The van der Waals surface area contributed by atoms with Gasteiger partial charge in [-0.3, -0.25) is 0 Å². The highest BCUT2D eigenvalue weighted by Gasteiger charge is 2.94. The van der Waals surface area contributed by atoms with Gasteiger partial charge in [-0.1, -0.05) is 29.8 Å². The van der Waals surface area contributed by atoms with Gasteiger partial charge in [0, 0.05) is 17.8 Å². The fourth-order valence-electron chi connectivity index (χ4n) is 4.83. The van der Waals surface area contributed by atoms with Crippen LogP contribution in [0.4, 0.5) is 39.5 Å². The van der Waals surface area contributed by atoms with Gasteiger partial charge in [-0.15, -0.1) is 8.67 Å². The van der Waals surface area contributed by atoms with Crippen LogP contribution in [0.25, 0.3) is 0 Å². The summed E-state index contributed by atoms with van der Waals surface area (Å²) in [5.74, 6) is -24.2. The highest BCUT2D eigenvalue weighted by atomic mass is 32.2. The fourth-order valence-corrected chi connectivity index (χ4v) is 6.11. The molecule has 3 rings (SSSR count). The molecule has 0 spiro atoms. The highest BCUT2D eigenvalue weighted by molar-refractivity contribution is 7.96. The second kappa shape index (κ2) is 11.1. The van der Waals surface area contributed by atoms with E-state index in [2.05, 4.69) is 18.7 Å². The molecule has 17 heteroatoms. The zero-order valence-electron chi connectivity index (χ0n) is 17.5. The van der Waals surface area contributed by atoms with Crippen LogP contribution in [0.2, 0.25) is 0 Å². The normalized spacial score (nSPS) is 36.7. The minimum atomic E-state index is -6.24. The smallest absolute Gasteiger partial charge is 0.220 e. The summed E-state index contributed by atoms with van der Waals surface area (Å²) in [4.78, 5) is 0. The second-order valence-corrected chi connectivity index (χ2v) is 9.99. The summed E-state index contributed by atoms with van der Waals surface area (Å²) in [6.07, 6.45) is 3.66. The van der Waals surface area contributed by atoms with Gasteiger partial charge in [-0.05, 0) is 43.4 Å². The molecule has 0 aromatic rings. The van der Waals surface area contributed by atoms with Gasteiger partial charge in [0.1, 0.15) is 0 Å². The average Bonchev–Trinajstić information content (AvgIpc) is 3.38. The maximum Gasteiger partial charge on any atom is 0.361 e. The predicted molar refractivity (Wildman–Crippen MR) is 101 cm³/mol. The summed E-state index contributed by atoms with van der Waals surface area (Å²) in [6, 6.07) is 0. The first-order valence-corrected chi connectivity index (χ1v) is 11.8. The Hall–Kier alpha value is -0.170. The van der Waals surface area contributed by atoms with Crippen LogP contribution in [0.5, 0.6) is 0 Å². The van der Waals surface area contributed by atoms with Crippen LogP contribution in [-0.4, -0.2) is 45.0 Å². The topological polar surface area (TPSA) is 77.4 Å². The molecular weight excluding hydrogens is 535 g/mol. The number of hydrogen-bond acceptors (Lipinski definition) is 8. The molecular formula is C17H23F9O6S2. The van der Waals surface area contributed by atoms with Crippen molar-refractivity contribution in [3.8, 4) is 0 Å². The molecule has 0 amide bonds. The summed E-state index contributed by atoms with van der Waals surface area (Å²) in [7, 11) is 0. The van der Waals surface area contributed by atoms with Crippen LogP contribution in [0, 0.1) is 23.7 Å². The molecule has 34 heavy (non-hydrogen) atoms. The molecule has 2 N–H and O–H groups in total. The van der Waals surface area contributed by atoms with E-state index in [-0.39, 0.29) is 0 Å². The molecule has 0 heterocycles. The summed E-state index contributed by atoms with van der Waals surface area (Å²) < 4.78 is 130. The number of rotatable bonds is 9. The van der Waals surface area contributed by atoms with Gasteiger partial charge >= 0.3 is 28.7 Å². The van der Waals surface area contributed by atoms with Crippen LogP contribution < -0.4 is 0 Å². The second-order valence-electron chi connectivity index (χ2n) is 8.42. The van der Waals surface area contributed by atoms with E-state index >= 15 is 0 Å². The Morgan fingerprint density at radius 3 is 1.79 bits per heavy atom. The minimum Gasteiger partial charge on any atom is -0.220 e. The zero-order valence-corrected chi connectivity index (χ0v) is 19.1. The first-order valence-electron chi connectivity index (χ1n) is 10.1. The van der Waals surface area contributed by atoms with Crippen molar-refractivity contribution in [1.82, 2.24) is 0 Å². The molecule has 0 saturated heterocycles. The van der Waals surface area contributed by atoms with Crippen LogP contribution >= 0.6 is 24.1 Å². The number of alkyl halides is 9. The first-order chi connectivity index (χ1) is 15.7. The molecule has 0 aromatic carbocycles. The molecule has 3 saturated carbocycles. The van der Waals surface area contributed by atoms with E-state index in [9.17, 15) is 39.5 Å². The third-order valence-corrected chi connectivity index (χ3v) is 8.11. The third-order valence-electron chi connectivity index (χ3n) is 6.52. The van der Waals surface area contributed by atoms with Gasteiger partial charge in [0.25, 0.3) is 0 Å². The number of halogens is 9. The van der Waals surface area contributed by atoms with Gasteiger partial charge < -0.3 is 0 Å². The van der Waals surface area contributed by atoms with Gasteiger partial charge in [0.05, 0.1) is 18.0 Å². The summed E-state index contributed by atoms with van der Waals surface area (Å²) in [5, 5.41) is 15.8. The Bertz CT molecular complexity index is 647.